The normalized spacial score (nSPS) is 14.0. The summed E-state index contributed by atoms with van der Waals surface area (Å²) in [5.41, 5.74) is 2.45. The molecule has 132 valence electrons. The molecule has 0 spiro atoms. The molecule has 26 heavy (non-hydrogen) atoms. The molecular formula is C21H20NO2S2+. The van der Waals surface area contributed by atoms with Crippen LogP contribution in [0.15, 0.2) is 92.4 Å². The highest BCUT2D eigenvalue weighted by Gasteiger charge is 2.40. The number of fused-ring (bicyclic) bond motifs is 2. The molecule has 0 aliphatic carbocycles. The first-order valence-corrected chi connectivity index (χ1v) is 11.6. The van der Waals surface area contributed by atoms with Crippen LogP contribution in [-0.4, -0.2) is 21.2 Å². The number of sulfone groups is 1. The van der Waals surface area contributed by atoms with Gasteiger partial charge in [0.25, 0.3) is 0 Å². The molecule has 0 atom stereocenters. The van der Waals surface area contributed by atoms with Gasteiger partial charge >= 0.3 is 0 Å². The predicted octanol–water partition coefficient (Wildman–Crippen LogP) is 4.66. The maximum atomic E-state index is 11.8. The summed E-state index contributed by atoms with van der Waals surface area (Å²) in [6, 6.07) is 24.3. The Morgan fingerprint density at radius 1 is 0.808 bits per heavy atom. The lowest BCUT2D eigenvalue weighted by molar-refractivity contribution is 0.602. The van der Waals surface area contributed by atoms with Crippen LogP contribution in [0.4, 0.5) is 11.4 Å². The number of rotatable bonds is 3. The molecule has 0 saturated heterocycles. The van der Waals surface area contributed by atoms with Gasteiger partial charge in [-0.2, -0.15) is 0 Å². The van der Waals surface area contributed by atoms with E-state index in [4.69, 9.17) is 0 Å². The topological polar surface area (TPSA) is 37.4 Å². The molecule has 5 heteroatoms. The first-order chi connectivity index (χ1) is 12.5. The highest BCUT2D eigenvalue weighted by molar-refractivity contribution is 7.97. The van der Waals surface area contributed by atoms with Crippen LogP contribution in [0.3, 0.4) is 0 Å². The van der Waals surface area contributed by atoms with Crippen LogP contribution in [-0.2, 0) is 20.7 Å². The molecule has 0 radical (unpaired) electrons. The van der Waals surface area contributed by atoms with Gasteiger partial charge in [0.2, 0.25) is 0 Å². The SMILES string of the molecule is CCN1c2ccccc2[S+](c2ccc(S(C)(=O)=O)cc2)c2ccccc21. The fourth-order valence-electron chi connectivity index (χ4n) is 3.37. The smallest absolute Gasteiger partial charge is 0.190 e. The molecule has 1 aliphatic heterocycles. The van der Waals surface area contributed by atoms with E-state index in [2.05, 4.69) is 60.4 Å². The van der Waals surface area contributed by atoms with Crippen LogP contribution in [0, 0.1) is 0 Å². The summed E-state index contributed by atoms with van der Waals surface area (Å²) >= 11 is 0. The Morgan fingerprint density at radius 3 is 1.77 bits per heavy atom. The summed E-state index contributed by atoms with van der Waals surface area (Å²) in [4.78, 5) is 6.39. The molecule has 0 fully saturated rings. The Morgan fingerprint density at radius 2 is 1.31 bits per heavy atom. The number of benzene rings is 3. The molecule has 3 aromatic carbocycles. The second-order valence-corrected chi connectivity index (χ2v) is 10.2. The van der Waals surface area contributed by atoms with E-state index < -0.39 is 9.84 Å². The van der Waals surface area contributed by atoms with Crippen molar-refractivity contribution in [2.45, 2.75) is 26.5 Å². The summed E-state index contributed by atoms with van der Waals surface area (Å²) < 4.78 is 23.6. The van der Waals surface area contributed by atoms with E-state index in [0.717, 1.165) is 11.4 Å². The monoisotopic (exact) mass is 382 g/mol. The largest absolute Gasteiger partial charge is 0.334 e. The van der Waals surface area contributed by atoms with Crippen LogP contribution in [0.5, 0.6) is 0 Å². The molecule has 0 bridgehead atoms. The van der Waals surface area contributed by atoms with Crippen LogP contribution in [0.2, 0.25) is 0 Å². The van der Waals surface area contributed by atoms with Gasteiger partial charge in [0.1, 0.15) is 10.9 Å². The predicted molar refractivity (Wildman–Crippen MR) is 107 cm³/mol. The lowest BCUT2D eigenvalue weighted by Gasteiger charge is -2.30. The van der Waals surface area contributed by atoms with Crippen LogP contribution in [0.1, 0.15) is 6.92 Å². The minimum Gasteiger partial charge on any atom is -0.334 e. The van der Waals surface area contributed by atoms with Crippen molar-refractivity contribution >= 4 is 32.1 Å². The zero-order valence-corrected chi connectivity index (χ0v) is 16.3. The number of hydrogen-bond donors (Lipinski definition) is 0. The maximum Gasteiger partial charge on any atom is 0.190 e. The van der Waals surface area contributed by atoms with Crippen molar-refractivity contribution < 1.29 is 8.42 Å². The van der Waals surface area contributed by atoms with E-state index >= 15 is 0 Å². The van der Waals surface area contributed by atoms with E-state index in [1.165, 1.54) is 27.4 Å². The van der Waals surface area contributed by atoms with Crippen LogP contribution >= 0.6 is 0 Å². The highest BCUT2D eigenvalue weighted by Crippen LogP contribution is 2.47. The van der Waals surface area contributed by atoms with E-state index in [9.17, 15) is 8.42 Å². The molecule has 0 N–H and O–H groups in total. The van der Waals surface area contributed by atoms with E-state index in [-0.39, 0.29) is 10.9 Å². The maximum absolute atomic E-state index is 11.8. The number of anilines is 2. The van der Waals surface area contributed by atoms with Crippen molar-refractivity contribution in [3.05, 3.63) is 72.8 Å². The Hall–Kier alpha value is -2.24. The molecule has 0 saturated carbocycles. The Kier molecular flexibility index (Phi) is 4.29. The van der Waals surface area contributed by atoms with Crippen LogP contribution in [0.25, 0.3) is 0 Å². The second kappa shape index (κ2) is 6.49. The molecule has 1 heterocycles. The zero-order valence-electron chi connectivity index (χ0n) is 14.7. The fourth-order valence-corrected chi connectivity index (χ4v) is 6.36. The van der Waals surface area contributed by atoms with Crippen molar-refractivity contribution in [3.8, 4) is 0 Å². The van der Waals surface area contributed by atoms with Gasteiger partial charge in [-0.1, -0.05) is 24.3 Å². The lowest BCUT2D eigenvalue weighted by atomic mass is 10.2. The van der Waals surface area contributed by atoms with Crippen LogP contribution < -0.4 is 4.90 Å². The molecule has 0 aromatic heterocycles. The number of para-hydroxylation sites is 2. The number of nitrogens with zero attached hydrogens (tertiary/aromatic N) is 1. The van der Waals surface area contributed by atoms with Gasteiger partial charge in [-0.05, 0) is 55.5 Å². The third kappa shape index (κ3) is 2.81. The summed E-state index contributed by atoms with van der Waals surface area (Å²) in [6.45, 7) is 3.07. The van der Waals surface area contributed by atoms with Crippen molar-refractivity contribution in [1.82, 2.24) is 0 Å². The van der Waals surface area contributed by atoms with Gasteiger partial charge in [0.15, 0.2) is 24.5 Å². The molecule has 0 unspecified atom stereocenters. The Bertz CT molecular complexity index is 1010. The first-order valence-electron chi connectivity index (χ1n) is 8.50. The van der Waals surface area contributed by atoms with Gasteiger partial charge in [0, 0.05) is 12.8 Å². The third-order valence-corrected chi connectivity index (χ3v) is 8.00. The minimum absolute atomic E-state index is 0.252. The summed E-state index contributed by atoms with van der Waals surface area (Å²) in [7, 11) is -3.44. The van der Waals surface area contributed by atoms with Gasteiger partial charge in [0.05, 0.1) is 16.3 Å². The average Bonchev–Trinajstić information content (AvgIpc) is 2.65. The lowest BCUT2D eigenvalue weighted by Crippen LogP contribution is -2.25. The van der Waals surface area contributed by atoms with Gasteiger partial charge in [-0.3, -0.25) is 0 Å². The second-order valence-electron chi connectivity index (χ2n) is 6.23. The minimum atomic E-state index is -3.19. The van der Waals surface area contributed by atoms with E-state index in [1.54, 1.807) is 12.1 Å². The standard InChI is InChI=1S/C21H20NO2S2/c1-3-22-18-8-4-6-10-20(18)25(21-11-7-5-9-19(21)22)16-12-14-17(15-13-16)26(2,23)24/h4-15H,3H2,1-2H3/q+1. The highest BCUT2D eigenvalue weighted by atomic mass is 32.2. The molecule has 3 aromatic rings. The molecule has 4 rings (SSSR count). The zero-order chi connectivity index (χ0) is 18.3. The quantitative estimate of drug-likeness (QED) is 0.619. The average molecular weight is 383 g/mol. The van der Waals surface area contributed by atoms with Crippen molar-refractivity contribution in [2.75, 3.05) is 17.7 Å². The molecule has 3 nitrogen and oxygen atoms in total. The molecular weight excluding hydrogens is 362 g/mol. The Balaban J connectivity index is 1.92. The third-order valence-electron chi connectivity index (χ3n) is 4.56. The van der Waals surface area contributed by atoms with Gasteiger partial charge in [-0.15, -0.1) is 0 Å². The summed E-state index contributed by atoms with van der Waals surface area (Å²) in [5, 5.41) is 0. The van der Waals surface area contributed by atoms with Gasteiger partial charge in [-0.25, -0.2) is 8.42 Å². The molecule has 0 amide bonds. The summed E-state index contributed by atoms with van der Waals surface area (Å²) in [6.07, 6.45) is 1.24. The van der Waals surface area contributed by atoms with E-state index in [0.29, 0.717) is 4.90 Å². The summed E-state index contributed by atoms with van der Waals surface area (Å²) in [5.74, 6) is 0. The van der Waals surface area contributed by atoms with Crippen molar-refractivity contribution in [3.63, 3.8) is 0 Å². The first kappa shape index (κ1) is 17.2. The molecule has 1 aliphatic rings. The van der Waals surface area contributed by atoms with E-state index in [1.807, 2.05) is 12.1 Å². The Labute approximate surface area is 157 Å². The number of hydrogen-bond acceptors (Lipinski definition) is 3. The fraction of sp³-hybridized carbons (Fsp3) is 0.143. The van der Waals surface area contributed by atoms with Gasteiger partial charge < -0.3 is 4.90 Å². The van der Waals surface area contributed by atoms with Crippen molar-refractivity contribution in [1.29, 1.82) is 0 Å². The van der Waals surface area contributed by atoms with Crippen molar-refractivity contribution in [2.24, 2.45) is 0 Å².